The highest BCUT2D eigenvalue weighted by atomic mass is 35.5. The Morgan fingerprint density at radius 2 is 1.97 bits per heavy atom. The molecule has 4 rings (SSSR count). The molecule has 0 atom stereocenters. The molecule has 1 aliphatic heterocycles. The number of halogens is 1. The summed E-state index contributed by atoms with van der Waals surface area (Å²) in [6.45, 7) is 3.34. The summed E-state index contributed by atoms with van der Waals surface area (Å²) < 4.78 is 5.59. The number of fused-ring (bicyclic) bond motifs is 1. The van der Waals surface area contributed by atoms with Crippen LogP contribution >= 0.6 is 11.6 Å². The molecular weight excluding hydrogens is 468 g/mol. The van der Waals surface area contributed by atoms with E-state index in [0.29, 0.717) is 59.0 Å². The maximum Gasteiger partial charge on any atom is 0.253 e. The number of carbonyl (C=O) groups excluding carboxylic acids is 2. The lowest BCUT2D eigenvalue weighted by Gasteiger charge is -2.17. The Hall–Kier alpha value is -3.85. The van der Waals surface area contributed by atoms with Gasteiger partial charge in [-0.05, 0) is 48.7 Å². The molecule has 182 valence electrons. The Bertz CT molecular complexity index is 1270. The SMILES string of the molecule is CCN1CCc2cc(Nc3ncc(Cl)c(Nc4ccccc4C(=O)NC)n3)c(OC)cc2CC1=O. The normalized spacial score (nSPS) is 13.0. The van der Waals surface area contributed by atoms with E-state index < -0.39 is 0 Å². The van der Waals surface area contributed by atoms with E-state index in [2.05, 4.69) is 25.9 Å². The van der Waals surface area contributed by atoms with Gasteiger partial charge in [0.15, 0.2) is 5.82 Å². The fraction of sp³-hybridized carbons (Fsp3) is 0.280. The summed E-state index contributed by atoms with van der Waals surface area (Å²) in [6, 6.07) is 10.9. The van der Waals surface area contributed by atoms with Crippen molar-refractivity contribution in [2.45, 2.75) is 19.8 Å². The number of nitrogens with one attached hydrogen (secondary N) is 3. The van der Waals surface area contributed by atoms with Gasteiger partial charge in [0.2, 0.25) is 11.9 Å². The molecule has 0 radical (unpaired) electrons. The van der Waals surface area contributed by atoms with E-state index in [1.54, 1.807) is 32.4 Å². The fourth-order valence-corrected chi connectivity index (χ4v) is 4.15. The van der Waals surface area contributed by atoms with Crippen LogP contribution in [0.1, 0.15) is 28.4 Å². The lowest BCUT2D eigenvalue weighted by Crippen LogP contribution is -2.31. The number of aromatic nitrogens is 2. The second-order valence-electron chi connectivity index (χ2n) is 7.99. The van der Waals surface area contributed by atoms with Crippen LogP contribution in [-0.4, -0.2) is 53.9 Å². The Morgan fingerprint density at radius 1 is 1.17 bits per heavy atom. The number of hydrogen-bond donors (Lipinski definition) is 3. The van der Waals surface area contributed by atoms with Gasteiger partial charge in [0.05, 0.1) is 36.7 Å². The molecule has 35 heavy (non-hydrogen) atoms. The third kappa shape index (κ3) is 5.30. The largest absolute Gasteiger partial charge is 0.495 e. The van der Waals surface area contributed by atoms with Crippen LogP contribution in [0.5, 0.6) is 5.75 Å². The van der Waals surface area contributed by atoms with Gasteiger partial charge in [-0.15, -0.1) is 0 Å². The van der Waals surface area contributed by atoms with Crippen LogP contribution in [0.15, 0.2) is 42.6 Å². The van der Waals surface area contributed by atoms with Crippen molar-refractivity contribution in [3.8, 4) is 5.75 Å². The Labute approximate surface area is 208 Å². The van der Waals surface area contributed by atoms with E-state index in [9.17, 15) is 9.59 Å². The lowest BCUT2D eigenvalue weighted by molar-refractivity contribution is -0.130. The van der Waals surface area contributed by atoms with Crippen LogP contribution in [0.4, 0.5) is 23.1 Å². The molecule has 1 aromatic heterocycles. The minimum atomic E-state index is -0.230. The fourth-order valence-electron chi connectivity index (χ4n) is 4.01. The first kappa shape index (κ1) is 24.3. The van der Waals surface area contributed by atoms with E-state index in [1.807, 2.05) is 30.0 Å². The first-order valence-electron chi connectivity index (χ1n) is 11.3. The molecule has 3 N–H and O–H groups in total. The summed E-state index contributed by atoms with van der Waals surface area (Å²) in [5, 5.41) is 9.26. The molecule has 3 aromatic rings. The maximum atomic E-state index is 12.5. The predicted octanol–water partition coefficient (Wildman–Crippen LogP) is 3.93. The minimum absolute atomic E-state index is 0.114. The van der Waals surface area contributed by atoms with E-state index in [4.69, 9.17) is 16.3 Å². The van der Waals surface area contributed by atoms with Gasteiger partial charge in [-0.2, -0.15) is 4.98 Å². The van der Waals surface area contributed by atoms with Gasteiger partial charge in [0.1, 0.15) is 10.8 Å². The van der Waals surface area contributed by atoms with Gasteiger partial charge < -0.3 is 25.6 Å². The molecule has 0 bridgehead atoms. The van der Waals surface area contributed by atoms with E-state index in [1.165, 1.54) is 6.20 Å². The van der Waals surface area contributed by atoms with E-state index in [0.717, 1.165) is 17.5 Å². The molecule has 1 aliphatic rings. The molecule has 2 amide bonds. The highest BCUT2D eigenvalue weighted by Crippen LogP contribution is 2.33. The zero-order valence-corrected chi connectivity index (χ0v) is 20.6. The van der Waals surface area contributed by atoms with Crippen LogP contribution in [0, 0.1) is 0 Å². The number of likely N-dealkylation sites (N-methyl/N-ethyl adjacent to an activating group) is 1. The number of nitrogens with zero attached hydrogens (tertiary/aromatic N) is 3. The van der Waals surface area contributed by atoms with Gasteiger partial charge in [0.25, 0.3) is 5.91 Å². The molecule has 0 saturated carbocycles. The molecule has 0 fully saturated rings. The number of rotatable bonds is 7. The highest BCUT2D eigenvalue weighted by Gasteiger charge is 2.22. The molecular formula is C25H27ClN6O3. The van der Waals surface area contributed by atoms with Crippen molar-refractivity contribution in [3.63, 3.8) is 0 Å². The van der Waals surface area contributed by atoms with Crippen molar-refractivity contribution in [1.82, 2.24) is 20.2 Å². The lowest BCUT2D eigenvalue weighted by atomic mass is 10.0. The average Bonchev–Trinajstić information content (AvgIpc) is 3.02. The quantitative estimate of drug-likeness (QED) is 0.456. The molecule has 9 nitrogen and oxygen atoms in total. The topological polar surface area (TPSA) is 108 Å². The monoisotopic (exact) mass is 494 g/mol. The standard InChI is InChI=1S/C25H27ClN6O3/c1-4-32-10-9-15-11-20(21(35-3)12-16(15)13-22(32)33)30-25-28-14-18(26)23(31-25)29-19-8-6-5-7-17(19)24(34)27-2/h5-8,11-12,14H,4,9-10,13H2,1-3H3,(H,27,34)(H2,28,29,30,31). The summed E-state index contributed by atoms with van der Waals surface area (Å²) >= 11 is 6.35. The Kier molecular flexibility index (Phi) is 7.36. The molecule has 0 unspecified atom stereocenters. The Morgan fingerprint density at radius 3 is 2.71 bits per heavy atom. The summed E-state index contributed by atoms with van der Waals surface area (Å²) in [4.78, 5) is 35.4. The summed E-state index contributed by atoms with van der Waals surface area (Å²) in [7, 11) is 3.15. The number of amides is 2. The zero-order chi connectivity index (χ0) is 24.9. The van der Waals surface area contributed by atoms with Crippen molar-refractivity contribution < 1.29 is 14.3 Å². The third-order valence-corrected chi connectivity index (χ3v) is 6.17. The van der Waals surface area contributed by atoms with Crippen molar-refractivity contribution in [2.24, 2.45) is 0 Å². The predicted molar refractivity (Wildman–Crippen MR) is 136 cm³/mol. The van der Waals surface area contributed by atoms with Gasteiger partial charge in [-0.1, -0.05) is 23.7 Å². The number of ether oxygens (including phenoxy) is 1. The van der Waals surface area contributed by atoms with Crippen LogP contribution in [0.25, 0.3) is 0 Å². The van der Waals surface area contributed by atoms with Crippen LogP contribution in [0.3, 0.4) is 0 Å². The van der Waals surface area contributed by atoms with Gasteiger partial charge in [0, 0.05) is 20.1 Å². The molecule has 0 saturated heterocycles. The van der Waals surface area contributed by atoms with Crippen molar-refractivity contribution in [1.29, 1.82) is 0 Å². The van der Waals surface area contributed by atoms with Gasteiger partial charge in [-0.25, -0.2) is 4.98 Å². The zero-order valence-electron chi connectivity index (χ0n) is 19.8. The third-order valence-electron chi connectivity index (χ3n) is 5.89. The summed E-state index contributed by atoms with van der Waals surface area (Å²) in [5.41, 5.74) is 3.74. The summed E-state index contributed by atoms with van der Waals surface area (Å²) in [5.74, 6) is 1.11. The number of anilines is 4. The minimum Gasteiger partial charge on any atom is -0.495 e. The number of para-hydroxylation sites is 1. The van der Waals surface area contributed by atoms with Gasteiger partial charge >= 0.3 is 0 Å². The molecule has 10 heteroatoms. The molecule has 0 aliphatic carbocycles. The van der Waals surface area contributed by atoms with Crippen LogP contribution < -0.4 is 20.7 Å². The molecule has 0 spiro atoms. The van der Waals surface area contributed by atoms with Crippen molar-refractivity contribution >= 4 is 46.6 Å². The summed E-state index contributed by atoms with van der Waals surface area (Å²) in [6.07, 6.45) is 2.57. The van der Waals surface area contributed by atoms with E-state index in [-0.39, 0.29) is 11.8 Å². The number of hydrogen-bond acceptors (Lipinski definition) is 7. The van der Waals surface area contributed by atoms with Crippen LogP contribution in [-0.2, 0) is 17.6 Å². The number of methoxy groups -OCH3 is 1. The highest BCUT2D eigenvalue weighted by molar-refractivity contribution is 6.33. The second-order valence-corrected chi connectivity index (χ2v) is 8.39. The first-order valence-corrected chi connectivity index (χ1v) is 11.7. The average molecular weight is 495 g/mol. The smallest absolute Gasteiger partial charge is 0.253 e. The number of carbonyl (C=O) groups is 2. The molecule has 2 heterocycles. The van der Waals surface area contributed by atoms with Crippen LogP contribution in [0.2, 0.25) is 5.02 Å². The van der Waals surface area contributed by atoms with Gasteiger partial charge in [-0.3, -0.25) is 9.59 Å². The number of benzene rings is 2. The van der Waals surface area contributed by atoms with Crippen molar-refractivity contribution in [3.05, 3.63) is 64.3 Å². The molecule has 2 aromatic carbocycles. The first-order chi connectivity index (χ1) is 16.9. The second kappa shape index (κ2) is 10.6. The maximum absolute atomic E-state index is 12.5. The van der Waals surface area contributed by atoms with E-state index >= 15 is 0 Å². The van der Waals surface area contributed by atoms with Crippen molar-refractivity contribution in [2.75, 3.05) is 37.9 Å². The Balaban J connectivity index is 1.63.